The van der Waals surface area contributed by atoms with Gasteiger partial charge in [0.2, 0.25) is 0 Å². The van der Waals surface area contributed by atoms with E-state index in [0.29, 0.717) is 12.1 Å². The molecule has 1 atom stereocenters. The van der Waals surface area contributed by atoms with Gasteiger partial charge in [0.05, 0.1) is 11.6 Å². The van der Waals surface area contributed by atoms with Crippen molar-refractivity contribution in [3.8, 4) is 0 Å². The zero-order valence-corrected chi connectivity index (χ0v) is 11.1. The summed E-state index contributed by atoms with van der Waals surface area (Å²) in [6, 6.07) is 4.98. The Morgan fingerprint density at radius 2 is 2.28 bits per heavy atom. The van der Waals surface area contributed by atoms with Gasteiger partial charge in [0.1, 0.15) is 5.82 Å². The molecule has 1 aliphatic heterocycles. The molecule has 0 saturated carbocycles. The highest BCUT2D eigenvalue weighted by Crippen LogP contribution is 2.31. The molecule has 0 spiro atoms. The topological polar surface area (TPSA) is 44.8 Å². The van der Waals surface area contributed by atoms with Crippen molar-refractivity contribution in [2.45, 2.75) is 45.2 Å². The lowest BCUT2D eigenvalue weighted by atomic mass is 10.00. The van der Waals surface area contributed by atoms with E-state index in [1.54, 1.807) is 6.20 Å². The highest BCUT2D eigenvalue weighted by Gasteiger charge is 2.28. The Hall–Kier alpha value is -1.42. The molecule has 0 aliphatic carbocycles. The van der Waals surface area contributed by atoms with Gasteiger partial charge in [-0.25, -0.2) is 9.97 Å². The summed E-state index contributed by atoms with van der Waals surface area (Å²) in [6.45, 7) is 5.70. The van der Waals surface area contributed by atoms with Crippen LogP contribution in [-0.4, -0.2) is 32.4 Å². The van der Waals surface area contributed by atoms with E-state index in [-0.39, 0.29) is 0 Å². The van der Waals surface area contributed by atoms with Crippen LogP contribution in [0, 0.1) is 0 Å². The van der Waals surface area contributed by atoms with E-state index in [1.807, 2.05) is 12.1 Å². The van der Waals surface area contributed by atoms with E-state index in [4.69, 9.17) is 0 Å². The minimum atomic E-state index is 0.424. The summed E-state index contributed by atoms with van der Waals surface area (Å²) in [5.41, 5.74) is 1.88. The Morgan fingerprint density at radius 3 is 3.06 bits per heavy atom. The molecule has 96 valence electrons. The van der Waals surface area contributed by atoms with E-state index in [0.717, 1.165) is 17.0 Å². The Kier molecular flexibility index (Phi) is 3.04. The van der Waals surface area contributed by atoms with E-state index in [2.05, 4.69) is 33.7 Å². The number of aromatic amines is 1. The number of hydrogen-bond acceptors (Lipinski definition) is 3. The fraction of sp³-hybridized carbons (Fsp3) is 0.571. The Bertz CT molecular complexity index is 498. The van der Waals surface area contributed by atoms with Gasteiger partial charge in [-0.05, 0) is 45.4 Å². The van der Waals surface area contributed by atoms with Gasteiger partial charge in [0.25, 0.3) is 0 Å². The molecule has 1 fully saturated rings. The summed E-state index contributed by atoms with van der Waals surface area (Å²) < 4.78 is 0. The molecule has 1 N–H and O–H groups in total. The van der Waals surface area contributed by atoms with Crippen molar-refractivity contribution >= 4 is 11.2 Å². The van der Waals surface area contributed by atoms with Crippen LogP contribution in [0.2, 0.25) is 0 Å². The third kappa shape index (κ3) is 2.01. The fourth-order valence-corrected chi connectivity index (χ4v) is 2.89. The molecule has 1 saturated heterocycles. The van der Waals surface area contributed by atoms with Crippen LogP contribution in [0.1, 0.15) is 45.0 Å². The standard InChI is InChI=1S/C14H20N4/c1-10(2)18-9-4-3-7-12(18)14-16-11-6-5-8-15-13(11)17-14/h5-6,8,10,12H,3-4,7,9H2,1-2H3,(H,15,16,17). The number of piperidine rings is 1. The van der Waals surface area contributed by atoms with Crippen molar-refractivity contribution in [1.82, 2.24) is 19.9 Å². The first-order chi connectivity index (χ1) is 8.75. The minimum Gasteiger partial charge on any atom is -0.339 e. The molecule has 1 unspecified atom stereocenters. The molecule has 0 radical (unpaired) electrons. The van der Waals surface area contributed by atoms with Crippen LogP contribution in [0.5, 0.6) is 0 Å². The van der Waals surface area contributed by atoms with Crippen LogP contribution < -0.4 is 0 Å². The summed E-state index contributed by atoms with van der Waals surface area (Å²) in [7, 11) is 0. The highest BCUT2D eigenvalue weighted by molar-refractivity contribution is 5.70. The van der Waals surface area contributed by atoms with Crippen molar-refractivity contribution in [3.63, 3.8) is 0 Å². The molecular formula is C14H20N4. The molecule has 0 bridgehead atoms. The summed E-state index contributed by atoms with van der Waals surface area (Å²) in [6.07, 6.45) is 5.58. The van der Waals surface area contributed by atoms with Gasteiger partial charge in [-0.15, -0.1) is 0 Å². The molecule has 18 heavy (non-hydrogen) atoms. The molecule has 4 nitrogen and oxygen atoms in total. The second kappa shape index (κ2) is 4.69. The van der Waals surface area contributed by atoms with Gasteiger partial charge in [-0.2, -0.15) is 0 Å². The maximum atomic E-state index is 4.66. The quantitative estimate of drug-likeness (QED) is 0.883. The van der Waals surface area contributed by atoms with Crippen molar-refractivity contribution in [3.05, 3.63) is 24.2 Å². The second-order valence-electron chi connectivity index (χ2n) is 5.34. The normalized spacial score (nSPS) is 21.8. The first-order valence-electron chi connectivity index (χ1n) is 6.82. The zero-order chi connectivity index (χ0) is 12.5. The first-order valence-corrected chi connectivity index (χ1v) is 6.82. The van der Waals surface area contributed by atoms with Crippen LogP contribution in [0.4, 0.5) is 0 Å². The second-order valence-corrected chi connectivity index (χ2v) is 5.34. The van der Waals surface area contributed by atoms with Gasteiger partial charge in [-0.3, -0.25) is 4.90 Å². The minimum absolute atomic E-state index is 0.424. The molecular weight excluding hydrogens is 224 g/mol. The van der Waals surface area contributed by atoms with Crippen LogP contribution in [0.15, 0.2) is 18.3 Å². The lowest BCUT2D eigenvalue weighted by Gasteiger charge is -2.37. The van der Waals surface area contributed by atoms with Crippen molar-refractivity contribution in [2.24, 2.45) is 0 Å². The van der Waals surface area contributed by atoms with Crippen molar-refractivity contribution in [2.75, 3.05) is 6.54 Å². The van der Waals surface area contributed by atoms with Crippen LogP contribution >= 0.6 is 0 Å². The lowest BCUT2D eigenvalue weighted by molar-refractivity contribution is 0.107. The molecule has 2 aromatic rings. The number of imidazole rings is 1. The molecule has 4 heteroatoms. The molecule has 2 aromatic heterocycles. The average molecular weight is 244 g/mol. The van der Waals surface area contributed by atoms with Crippen molar-refractivity contribution in [1.29, 1.82) is 0 Å². The Balaban J connectivity index is 1.96. The average Bonchev–Trinajstić information content (AvgIpc) is 2.82. The Morgan fingerprint density at radius 1 is 1.39 bits per heavy atom. The smallest absolute Gasteiger partial charge is 0.177 e. The molecule has 0 amide bonds. The fourth-order valence-electron chi connectivity index (χ4n) is 2.89. The number of fused-ring (bicyclic) bond motifs is 1. The lowest BCUT2D eigenvalue weighted by Crippen LogP contribution is -2.38. The third-order valence-corrected chi connectivity index (χ3v) is 3.80. The number of H-pyrrole nitrogens is 1. The first kappa shape index (κ1) is 11.7. The number of likely N-dealkylation sites (tertiary alicyclic amines) is 1. The van der Waals surface area contributed by atoms with Gasteiger partial charge in [-0.1, -0.05) is 6.42 Å². The summed E-state index contributed by atoms with van der Waals surface area (Å²) in [4.78, 5) is 14.9. The van der Waals surface area contributed by atoms with Gasteiger partial charge in [0.15, 0.2) is 5.65 Å². The number of nitrogens with one attached hydrogen (secondary N) is 1. The molecule has 0 aromatic carbocycles. The molecule has 3 rings (SSSR count). The van der Waals surface area contributed by atoms with Gasteiger partial charge in [0, 0.05) is 12.2 Å². The third-order valence-electron chi connectivity index (χ3n) is 3.80. The summed E-state index contributed by atoms with van der Waals surface area (Å²) >= 11 is 0. The maximum Gasteiger partial charge on any atom is 0.177 e. The van der Waals surface area contributed by atoms with Crippen LogP contribution in [0.3, 0.4) is 0 Å². The highest BCUT2D eigenvalue weighted by atomic mass is 15.2. The van der Waals surface area contributed by atoms with Gasteiger partial charge < -0.3 is 4.98 Å². The van der Waals surface area contributed by atoms with E-state index < -0.39 is 0 Å². The van der Waals surface area contributed by atoms with E-state index in [9.17, 15) is 0 Å². The van der Waals surface area contributed by atoms with Gasteiger partial charge >= 0.3 is 0 Å². The number of nitrogens with zero attached hydrogens (tertiary/aromatic N) is 3. The van der Waals surface area contributed by atoms with Crippen molar-refractivity contribution < 1.29 is 0 Å². The number of rotatable bonds is 2. The predicted molar refractivity (Wildman–Crippen MR) is 72.3 cm³/mol. The SMILES string of the molecule is CC(C)N1CCCCC1c1nc2ncccc2[nH]1. The monoisotopic (exact) mass is 244 g/mol. The number of pyridine rings is 1. The maximum absolute atomic E-state index is 4.66. The summed E-state index contributed by atoms with van der Waals surface area (Å²) in [5, 5.41) is 0. The van der Waals surface area contributed by atoms with E-state index in [1.165, 1.54) is 25.8 Å². The Labute approximate surface area is 107 Å². The zero-order valence-electron chi connectivity index (χ0n) is 11.1. The molecule has 3 heterocycles. The molecule has 1 aliphatic rings. The predicted octanol–water partition coefficient (Wildman–Crippen LogP) is 2.89. The number of aromatic nitrogens is 3. The summed E-state index contributed by atoms with van der Waals surface area (Å²) in [5.74, 6) is 1.08. The largest absolute Gasteiger partial charge is 0.339 e. The van der Waals surface area contributed by atoms with Crippen LogP contribution in [0.25, 0.3) is 11.2 Å². The van der Waals surface area contributed by atoms with Crippen LogP contribution in [-0.2, 0) is 0 Å². The number of hydrogen-bond donors (Lipinski definition) is 1. The van der Waals surface area contributed by atoms with E-state index >= 15 is 0 Å².